The molecule has 1 heterocycles. The van der Waals surface area contributed by atoms with Crippen molar-refractivity contribution in [1.82, 2.24) is 4.90 Å². The second kappa shape index (κ2) is 7.63. The third kappa shape index (κ3) is 4.26. The van der Waals surface area contributed by atoms with E-state index in [9.17, 15) is 4.79 Å². The highest BCUT2D eigenvalue weighted by molar-refractivity contribution is 5.77. The quantitative estimate of drug-likeness (QED) is 0.733. The van der Waals surface area contributed by atoms with Gasteiger partial charge in [0.05, 0.1) is 31.8 Å². The van der Waals surface area contributed by atoms with Gasteiger partial charge in [0.15, 0.2) is 0 Å². The minimum absolute atomic E-state index is 0.129. The van der Waals surface area contributed by atoms with Gasteiger partial charge in [0.25, 0.3) is 0 Å². The van der Waals surface area contributed by atoms with Gasteiger partial charge in [-0.25, -0.2) is 0 Å². The number of rotatable bonds is 6. The highest BCUT2D eigenvalue weighted by Gasteiger charge is 2.27. The average Bonchev–Trinajstić information content (AvgIpc) is 2.38. The van der Waals surface area contributed by atoms with Crippen LogP contribution in [-0.2, 0) is 14.3 Å². The van der Waals surface area contributed by atoms with Gasteiger partial charge >= 0.3 is 0 Å². The van der Waals surface area contributed by atoms with E-state index in [0.717, 1.165) is 6.42 Å². The molecule has 17 heavy (non-hydrogen) atoms. The summed E-state index contributed by atoms with van der Waals surface area (Å²) in [6.07, 6.45) is 1.14. The normalized spacial score (nSPS) is 22.5. The lowest BCUT2D eigenvalue weighted by Gasteiger charge is -2.35. The van der Waals surface area contributed by atoms with E-state index in [0.29, 0.717) is 39.3 Å². The molecule has 1 rings (SSSR count). The van der Waals surface area contributed by atoms with Crippen molar-refractivity contribution in [3.05, 3.63) is 0 Å². The summed E-state index contributed by atoms with van der Waals surface area (Å²) in [6.45, 7) is 6.92. The summed E-state index contributed by atoms with van der Waals surface area (Å²) >= 11 is 0. The lowest BCUT2D eigenvalue weighted by molar-refractivity contribution is -0.142. The van der Waals surface area contributed by atoms with Crippen LogP contribution < -0.4 is 5.73 Å². The Bertz CT molecular complexity index is 236. The fourth-order valence-corrected chi connectivity index (χ4v) is 2.08. The van der Waals surface area contributed by atoms with E-state index in [1.54, 1.807) is 0 Å². The molecule has 0 aromatic heterocycles. The minimum atomic E-state index is -0.159. The van der Waals surface area contributed by atoms with Gasteiger partial charge in [-0.1, -0.05) is 6.92 Å². The van der Waals surface area contributed by atoms with E-state index in [1.165, 1.54) is 0 Å². The van der Waals surface area contributed by atoms with Crippen LogP contribution in [0.5, 0.6) is 0 Å². The topological polar surface area (TPSA) is 64.8 Å². The van der Waals surface area contributed by atoms with Crippen LogP contribution in [0.15, 0.2) is 0 Å². The number of carbonyl (C=O) groups excluding carboxylic acids is 1. The van der Waals surface area contributed by atoms with Crippen molar-refractivity contribution in [3.8, 4) is 0 Å². The number of morpholine rings is 1. The first-order valence-electron chi connectivity index (χ1n) is 6.41. The number of nitrogens with zero attached hydrogens (tertiary/aromatic N) is 1. The zero-order valence-corrected chi connectivity index (χ0v) is 10.9. The molecule has 0 spiro atoms. The predicted octanol–water partition coefficient (Wildman–Crippen LogP) is 0.378. The van der Waals surface area contributed by atoms with E-state index in [2.05, 4.69) is 6.92 Å². The van der Waals surface area contributed by atoms with Gasteiger partial charge in [0.1, 0.15) is 0 Å². The van der Waals surface area contributed by atoms with Crippen LogP contribution in [0.3, 0.4) is 0 Å². The molecule has 1 saturated heterocycles. The number of amides is 1. The molecule has 2 atom stereocenters. The van der Waals surface area contributed by atoms with Crippen molar-refractivity contribution < 1.29 is 14.3 Å². The summed E-state index contributed by atoms with van der Waals surface area (Å²) in [4.78, 5) is 14.1. The molecule has 0 saturated carbocycles. The lowest BCUT2D eigenvalue weighted by atomic mass is 10.1. The highest BCUT2D eigenvalue weighted by atomic mass is 16.5. The molecule has 1 amide bonds. The van der Waals surface area contributed by atoms with Gasteiger partial charge in [-0.3, -0.25) is 4.79 Å². The Labute approximate surface area is 103 Å². The first kappa shape index (κ1) is 14.4. The molecule has 0 bridgehead atoms. The molecule has 0 aliphatic carbocycles. The second-order valence-electron chi connectivity index (χ2n) is 4.24. The van der Waals surface area contributed by atoms with Crippen LogP contribution in [0.25, 0.3) is 0 Å². The molecule has 0 aromatic rings. The number of nitrogens with two attached hydrogens (primary N) is 1. The van der Waals surface area contributed by atoms with Gasteiger partial charge in [-0.2, -0.15) is 0 Å². The van der Waals surface area contributed by atoms with Gasteiger partial charge in [0.2, 0.25) is 5.91 Å². The second-order valence-corrected chi connectivity index (χ2v) is 4.24. The number of ether oxygens (including phenoxy) is 2. The lowest BCUT2D eigenvalue weighted by Crippen LogP contribution is -2.49. The van der Waals surface area contributed by atoms with Crippen molar-refractivity contribution in [2.75, 3.05) is 32.9 Å². The van der Waals surface area contributed by atoms with Gasteiger partial charge in [-0.05, 0) is 13.3 Å². The maximum Gasteiger partial charge on any atom is 0.225 e. The van der Waals surface area contributed by atoms with Crippen molar-refractivity contribution in [2.24, 2.45) is 5.73 Å². The van der Waals surface area contributed by atoms with Crippen LogP contribution in [-0.4, -0.2) is 55.9 Å². The molecular formula is C12H24N2O3. The van der Waals surface area contributed by atoms with E-state index < -0.39 is 0 Å². The Morgan fingerprint density at radius 3 is 2.94 bits per heavy atom. The first-order valence-corrected chi connectivity index (χ1v) is 6.41. The van der Waals surface area contributed by atoms with Crippen molar-refractivity contribution in [2.45, 2.75) is 38.8 Å². The molecule has 5 nitrogen and oxygen atoms in total. The van der Waals surface area contributed by atoms with Gasteiger partial charge in [0, 0.05) is 19.7 Å². The maximum absolute atomic E-state index is 12.1. The minimum Gasteiger partial charge on any atom is -0.377 e. The third-order valence-corrected chi connectivity index (χ3v) is 3.09. The highest BCUT2D eigenvalue weighted by Crippen LogP contribution is 2.13. The first-order chi connectivity index (χ1) is 8.22. The Kier molecular flexibility index (Phi) is 6.47. The van der Waals surface area contributed by atoms with Crippen LogP contribution in [0.4, 0.5) is 0 Å². The zero-order chi connectivity index (χ0) is 12.7. The molecule has 5 heteroatoms. The monoisotopic (exact) mass is 244 g/mol. The zero-order valence-electron chi connectivity index (χ0n) is 10.9. The van der Waals surface area contributed by atoms with Crippen LogP contribution in [0.2, 0.25) is 0 Å². The van der Waals surface area contributed by atoms with E-state index in [-0.39, 0.29) is 18.1 Å². The van der Waals surface area contributed by atoms with E-state index in [4.69, 9.17) is 15.2 Å². The van der Waals surface area contributed by atoms with Crippen molar-refractivity contribution in [3.63, 3.8) is 0 Å². The number of hydrogen-bond donors (Lipinski definition) is 1. The van der Waals surface area contributed by atoms with Crippen LogP contribution in [0, 0.1) is 0 Å². The molecule has 1 fully saturated rings. The Morgan fingerprint density at radius 1 is 1.59 bits per heavy atom. The Hall–Kier alpha value is -0.650. The third-order valence-electron chi connectivity index (χ3n) is 3.09. The van der Waals surface area contributed by atoms with E-state index in [1.807, 2.05) is 11.8 Å². The Morgan fingerprint density at radius 2 is 2.35 bits per heavy atom. The molecule has 1 aliphatic rings. The summed E-state index contributed by atoms with van der Waals surface area (Å²) in [6, 6.07) is 0.205. The largest absolute Gasteiger partial charge is 0.377 e. The number of carbonyl (C=O) groups is 1. The van der Waals surface area contributed by atoms with Gasteiger partial charge < -0.3 is 20.1 Å². The van der Waals surface area contributed by atoms with Crippen LogP contribution in [0.1, 0.15) is 26.7 Å². The Balaban J connectivity index is 2.49. The molecule has 0 radical (unpaired) electrons. The predicted molar refractivity (Wildman–Crippen MR) is 65.7 cm³/mol. The molecular weight excluding hydrogens is 220 g/mol. The summed E-state index contributed by atoms with van der Waals surface area (Å²) in [5, 5.41) is 0. The SMILES string of the molecule is CCOC(CN)CC(=O)N1CCOCC1CC. The molecule has 2 N–H and O–H groups in total. The molecule has 100 valence electrons. The molecule has 0 aromatic carbocycles. The standard InChI is InChI=1S/C12H24N2O3/c1-3-10-9-16-6-5-14(10)12(15)7-11(8-13)17-4-2/h10-11H,3-9,13H2,1-2H3. The van der Waals surface area contributed by atoms with Crippen LogP contribution >= 0.6 is 0 Å². The fourth-order valence-electron chi connectivity index (χ4n) is 2.08. The average molecular weight is 244 g/mol. The van der Waals surface area contributed by atoms with Gasteiger partial charge in [-0.15, -0.1) is 0 Å². The summed E-state index contributed by atoms with van der Waals surface area (Å²) in [7, 11) is 0. The smallest absolute Gasteiger partial charge is 0.225 e. The molecule has 1 aliphatic heterocycles. The van der Waals surface area contributed by atoms with Crippen molar-refractivity contribution >= 4 is 5.91 Å². The number of hydrogen-bond acceptors (Lipinski definition) is 4. The summed E-state index contributed by atoms with van der Waals surface area (Å²) in [5.74, 6) is 0.129. The summed E-state index contributed by atoms with van der Waals surface area (Å²) in [5.41, 5.74) is 5.58. The fraction of sp³-hybridized carbons (Fsp3) is 0.917. The maximum atomic E-state index is 12.1. The van der Waals surface area contributed by atoms with Crippen molar-refractivity contribution in [1.29, 1.82) is 0 Å². The summed E-state index contributed by atoms with van der Waals surface area (Å²) < 4.78 is 10.8. The molecule has 2 unspecified atom stereocenters. The van der Waals surface area contributed by atoms with E-state index >= 15 is 0 Å².